The number of aliphatic hydroxyl groups excluding tert-OH is 21. The van der Waals surface area contributed by atoms with Gasteiger partial charge in [0.1, 0.15) is 0 Å². The van der Waals surface area contributed by atoms with Gasteiger partial charge in [-0.3, -0.25) is 0 Å². The minimum absolute atomic E-state index is 0.316. The molecule has 0 bridgehead atoms. The van der Waals surface area contributed by atoms with E-state index in [1.165, 1.54) is 0 Å². The second-order valence-corrected chi connectivity index (χ2v) is 21.5. The van der Waals surface area contributed by atoms with E-state index in [0.717, 1.165) is 0 Å². The molecule has 0 saturated carbocycles. The maximum absolute atomic E-state index is 10.9. The minimum atomic E-state index is -1.66. The van der Waals surface area contributed by atoms with E-state index >= 15 is 0 Å². The summed E-state index contributed by atoms with van der Waals surface area (Å²) in [4.78, 5) is 0. The molecule has 0 aromatic carbocycles. The summed E-state index contributed by atoms with van der Waals surface area (Å²) in [6.45, 7) is 9.07. The Labute approximate surface area is 483 Å². The van der Waals surface area contributed by atoms with Crippen LogP contribution in [0.4, 0.5) is 0 Å². The summed E-state index contributed by atoms with van der Waals surface area (Å²) in [6, 6.07) is 0. The number of rotatable bonds is 7. The van der Waals surface area contributed by atoms with Gasteiger partial charge in [-0.2, -0.15) is 0 Å². The van der Waals surface area contributed by atoms with Crippen LogP contribution in [0.2, 0.25) is 0 Å². The van der Waals surface area contributed by atoms with Gasteiger partial charge in [0.05, 0.1) is 174 Å². The van der Waals surface area contributed by atoms with Crippen molar-refractivity contribution in [1.82, 2.24) is 0 Å². The van der Waals surface area contributed by atoms with Crippen molar-refractivity contribution in [3.8, 4) is 0 Å². The van der Waals surface area contributed by atoms with Crippen LogP contribution in [0, 0.1) is 41.4 Å². The number of aliphatic hydroxyl groups is 21. The topological polar surface area (TPSA) is 651 Å². The van der Waals surface area contributed by atoms with Gasteiger partial charge in [-0.05, 0) is 0 Å². The van der Waals surface area contributed by atoms with Crippen molar-refractivity contribution in [1.29, 1.82) is 0 Å². The quantitative estimate of drug-likeness (QED) is 0.113. The molecule has 0 radical (unpaired) electrons. The fraction of sp³-hybridized carbons (Fsp3) is 1.00. The number of hydrogen-bond acceptors (Lipinski definition) is 35. The van der Waals surface area contributed by atoms with E-state index in [1.54, 1.807) is 48.5 Å². The molecule has 504 valence electrons. The zero-order valence-corrected chi connectivity index (χ0v) is 47.3. The highest BCUT2D eigenvalue weighted by atomic mass is 16.7. The van der Waals surface area contributed by atoms with Crippen molar-refractivity contribution in [2.45, 2.75) is 221 Å². The number of hydrogen-bond donors (Lipinski definition) is 21. The Morgan fingerprint density at radius 2 is 0.274 bits per heavy atom. The lowest BCUT2D eigenvalue weighted by Gasteiger charge is -2.44. The minimum Gasteiger partial charge on any atom is -0.829 e. The van der Waals surface area contributed by atoms with Crippen molar-refractivity contribution in [2.24, 2.45) is 41.4 Å². The van der Waals surface area contributed by atoms with Crippen molar-refractivity contribution in [2.75, 3.05) is 46.2 Å². The fourth-order valence-electron chi connectivity index (χ4n) is 8.95. The highest BCUT2D eigenvalue weighted by Crippen LogP contribution is 2.28. The first-order chi connectivity index (χ1) is 39.0. The molecule has 7 saturated heterocycles. The van der Waals surface area contributed by atoms with E-state index in [-0.39, 0.29) is 46.2 Å². The van der Waals surface area contributed by atoms with Crippen LogP contribution in [0.25, 0.3) is 0 Å². The summed E-state index contributed by atoms with van der Waals surface area (Å²) in [6.07, 6.45) is -33.9. The first-order valence-corrected chi connectivity index (χ1v) is 27.0. The second-order valence-electron chi connectivity index (χ2n) is 21.5. The van der Waals surface area contributed by atoms with E-state index in [4.69, 9.17) is 105 Å². The molecule has 7 aliphatic heterocycles. The van der Waals surface area contributed by atoms with Crippen LogP contribution in [0.3, 0.4) is 0 Å². The molecule has 35 nitrogen and oxygen atoms in total. The van der Waals surface area contributed by atoms with Gasteiger partial charge in [-0.15, -0.1) is 0 Å². The molecule has 0 spiro atoms. The Hall–Kier alpha value is -1.40. The van der Waals surface area contributed by atoms with Gasteiger partial charge in [0, 0.05) is 85.5 Å². The molecule has 35 heteroatoms. The van der Waals surface area contributed by atoms with Crippen LogP contribution >= 0.6 is 0 Å². The lowest BCUT2D eigenvalue weighted by molar-refractivity contribution is -0.531. The smallest absolute Gasteiger partial charge is 0.0913 e. The van der Waals surface area contributed by atoms with Crippen LogP contribution < -0.4 is 35.7 Å². The van der Waals surface area contributed by atoms with Crippen LogP contribution in [-0.4, -0.2) is 326 Å². The molecule has 84 heavy (non-hydrogen) atoms. The summed E-state index contributed by atoms with van der Waals surface area (Å²) in [5, 5.41) is 265. The molecule has 0 aromatic heterocycles. The third-order valence-corrected chi connectivity index (χ3v) is 15.7. The van der Waals surface area contributed by atoms with E-state index in [2.05, 4.69) is 0 Å². The summed E-state index contributed by atoms with van der Waals surface area (Å²) < 4.78 is 33.0. The summed E-state index contributed by atoms with van der Waals surface area (Å²) in [5.41, 5.74) is 0. The van der Waals surface area contributed by atoms with Gasteiger partial charge in [-0.25, -0.2) is 0 Å². The highest BCUT2D eigenvalue weighted by molar-refractivity contribution is 4.90. The molecular formula is C49H91O35-7. The van der Waals surface area contributed by atoms with Crippen LogP contribution in [0.1, 0.15) is 48.5 Å². The van der Waals surface area contributed by atoms with Crippen molar-refractivity contribution in [3.05, 3.63) is 0 Å². The molecule has 0 aromatic rings. The van der Waals surface area contributed by atoms with Gasteiger partial charge >= 0.3 is 0 Å². The third kappa shape index (κ3) is 21.9. The number of ether oxygens (including phenoxy) is 7. The van der Waals surface area contributed by atoms with Gasteiger partial charge < -0.3 is 176 Å². The van der Waals surface area contributed by atoms with Crippen molar-refractivity contribution < 1.29 is 176 Å². The second kappa shape index (κ2) is 38.3. The largest absolute Gasteiger partial charge is 0.829 e. The Balaban J connectivity index is 0.000000490. The third-order valence-electron chi connectivity index (χ3n) is 15.7. The molecule has 7 heterocycles. The highest BCUT2D eigenvalue weighted by Gasteiger charge is 2.42. The lowest BCUT2D eigenvalue weighted by atomic mass is 9.91. The monoisotopic (exact) mass is 1240 g/mol. The van der Waals surface area contributed by atoms with Crippen molar-refractivity contribution in [3.63, 3.8) is 0 Å². The molecule has 21 N–H and O–H groups in total. The maximum atomic E-state index is 10.9. The van der Waals surface area contributed by atoms with E-state index in [1.807, 2.05) is 0 Å². The summed E-state index contributed by atoms with van der Waals surface area (Å²) in [5.74, 6) is -2.95. The van der Waals surface area contributed by atoms with Gasteiger partial charge in [0.2, 0.25) is 0 Å². The predicted molar refractivity (Wildman–Crippen MR) is 258 cm³/mol. The first kappa shape index (κ1) is 80.6. The molecule has 7 rings (SSSR count). The van der Waals surface area contributed by atoms with Gasteiger partial charge in [0.25, 0.3) is 0 Å². The van der Waals surface area contributed by atoms with Gasteiger partial charge in [-0.1, -0.05) is 48.5 Å². The zero-order chi connectivity index (χ0) is 65.1. The Bertz CT molecular complexity index is 1360. The average Bonchev–Trinajstić information content (AvgIpc) is 3.67. The molecule has 0 unspecified atom stereocenters. The molecular weight excluding hydrogens is 1150 g/mol. The van der Waals surface area contributed by atoms with E-state index < -0.39 is 214 Å². The Morgan fingerprint density at radius 1 is 0.190 bits per heavy atom. The molecule has 7 aliphatic rings. The van der Waals surface area contributed by atoms with Crippen LogP contribution in [0.5, 0.6) is 0 Å². The summed E-state index contributed by atoms with van der Waals surface area (Å²) in [7, 11) is 0. The summed E-state index contributed by atoms with van der Waals surface area (Å²) >= 11 is 0. The first-order valence-electron chi connectivity index (χ1n) is 27.0. The van der Waals surface area contributed by atoms with Crippen LogP contribution in [0.15, 0.2) is 0 Å². The van der Waals surface area contributed by atoms with Crippen molar-refractivity contribution >= 4 is 0 Å². The van der Waals surface area contributed by atoms with Crippen LogP contribution in [-0.2, 0) is 33.2 Å². The van der Waals surface area contributed by atoms with E-state index in [9.17, 15) is 71.5 Å². The lowest BCUT2D eigenvalue weighted by Crippen LogP contribution is -2.59. The fourth-order valence-corrected chi connectivity index (χ4v) is 8.95. The Morgan fingerprint density at radius 3 is 0.345 bits per heavy atom. The molecule has 7 fully saturated rings. The predicted octanol–water partition coefficient (Wildman–Crippen LogP) is -18.0. The SMILES string of the molecule is C[C@H]1[C@H](O)[C@@H](O)[C@@H]([O-])O[C@@H]1CO.C[C@H]1[C@H](O)[C@@H](O)[C@@H]([O-])O[C@@H]1CO.C[C@H]1[C@H](O)[C@@H](O)[C@@H]([O-])O[C@@H]1CO.C[C@H]1[C@H](O)[C@@H](O)[C@@H]([O-])O[C@@H]1CO.C[C@H]1[C@H](O)[C@@H](O)[C@@H]([O-])O[C@@H]1CO.C[C@H]1[C@H](O)[C@@H](O)[C@@H]([O-])O[C@@H]1CO.C[C@H]1[C@H](O)[C@@H](O)[C@@H]([O-])O[C@@H]1CO. The Kier molecular flexibility index (Phi) is 36.8. The average molecular weight is 1240 g/mol. The zero-order valence-electron chi connectivity index (χ0n) is 47.3. The normalized spacial score (nSPS) is 49.2. The molecule has 0 amide bonds. The maximum Gasteiger partial charge on any atom is 0.0913 e. The van der Waals surface area contributed by atoms with Gasteiger partial charge in [0.15, 0.2) is 0 Å². The molecule has 35 atom stereocenters. The molecule has 0 aliphatic carbocycles. The van der Waals surface area contributed by atoms with E-state index in [0.29, 0.717) is 0 Å². The standard InChI is InChI=1S/7C7H13O5/c7*1-3-4(2-8)12-7(11)6(10)5(3)9/h7*3-10H,2H2,1H3/q7*-1/t7*3-,4-,5+,6-,7+/m1111111/s1.